The van der Waals surface area contributed by atoms with Crippen molar-refractivity contribution in [3.8, 4) is 0 Å². The van der Waals surface area contributed by atoms with Crippen molar-refractivity contribution in [1.82, 2.24) is 0 Å². The Labute approximate surface area is 183 Å². The second-order valence-electron chi connectivity index (χ2n) is 7.17. The van der Waals surface area contributed by atoms with Crippen molar-refractivity contribution in [2.45, 2.75) is 78.6 Å². The number of thioether (sulfide) groups is 1. The van der Waals surface area contributed by atoms with E-state index in [4.69, 9.17) is 0 Å². The Kier molecular flexibility index (Phi) is 8.27. The first-order valence-electron chi connectivity index (χ1n) is 8.82. The number of hydrogen-bond donors (Lipinski definition) is 0. The lowest BCUT2D eigenvalue weighted by Crippen LogP contribution is -2.74. The van der Waals surface area contributed by atoms with Crippen LogP contribution in [0.2, 0.25) is 0 Å². The smallest absolute Gasteiger partial charge is 0.200 e. The summed E-state index contributed by atoms with van der Waals surface area (Å²) < 4.78 is 224. The highest BCUT2D eigenvalue weighted by atomic mass is 32.2. The second kappa shape index (κ2) is 9.09. The van der Waals surface area contributed by atoms with Gasteiger partial charge in [0, 0.05) is 11.7 Å². The number of allylic oxidation sites excluding steroid dienone is 1. The summed E-state index contributed by atoms with van der Waals surface area (Å²) in [6.45, 7) is 0. The van der Waals surface area contributed by atoms with E-state index in [2.05, 4.69) is 0 Å². The summed E-state index contributed by atoms with van der Waals surface area (Å²) in [4.78, 5) is 0. The van der Waals surface area contributed by atoms with Crippen LogP contribution < -0.4 is 0 Å². The number of alkyl halides is 17. The molecule has 1 aliphatic carbocycles. The molecular weight excluding hydrogens is 547 g/mol. The molecule has 0 saturated carbocycles. The van der Waals surface area contributed by atoms with Crippen LogP contribution in [0.3, 0.4) is 0 Å². The molecule has 1 aliphatic rings. The number of hydrogen-bond acceptors (Lipinski definition) is 1. The zero-order valence-corrected chi connectivity index (χ0v) is 16.9. The molecule has 18 heteroatoms. The predicted octanol–water partition coefficient (Wildman–Crippen LogP) is 8.23. The first kappa shape index (κ1) is 30.9. The maximum absolute atomic E-state index is 13.7. The van der Waals surface area contributed by atoms with Gasteiger partial charge in [0.05, 0.1) is 0 Å². The molecule has 0 aromatic heterocycles. The molecule has 0 aromatic carbocycles. The van der Waals surface area contributed by atoms with Crippen molar-refractivity contribution < 1.29 is 74.6 Å². The zero-order valence-electron chi connectivity index (χ0n) is 16.1. The molecule has 34 heavy (non-hydrogen) atoms. The van der Waals surface area contributed by atoms with Crippen molar-refractivity contribution in [2.75, 3.05) is 5.75 Å². The summed E-state index contributed by atoms with van der Waals surface area (Å²) in [6.07, 6.45) is -5.79. The third kappa shape index (κ3) is 4.67. The van der Waals surface area contributed by atoms with Gasteiger partial charge in [0.1, 0.15) is 0 Å². The fraction of sp³-hybridized carbons (Fsp3) is 0.875. The average Bonchev–Trinajstić information content (AvgIpc) is 2.66. The van der Waals surface area contributed by atoms with Gasteiger partial charge in [0.25, 0.3) is 0 Å². The van der Waals surface area contributed by atoms with Gasteiger partial charge < -0.3 is 0 Å². The van der Waals surface area contributed by atoms with Crippen molar-refractivity contribution in [1.29, 1.82) is 0 Å². The van der Waals surface area contributed by atoms with Crippen molar-refractivity contribution in [3.63, 3.8) is 0 Å². The molecule has 0 spiro atoms. The third-order valence-electron chi connectivity index (χ3n) is 4.75. The minimum absolute atomic E-state index is 0.312. The number of halogens is 17. The van der Waals surface area contributed by atoms with E-state index in [9.17, 15) is 74.6 Å². The molecule has 1 rings (SSSR count). The van der Waals surface area contributed by atoms with Gasteiger partial charge in [-0.25, -0.2) is 0 Å². The Morgan fingerprint density at radius 3 is 1.38 bits per heavy atom. The van der Waals surface area contributed by atoms with Gasteiger partial charge in [0.15, 0.2) is 0 Å². The third-order valence-corrected chi connectivity index (χ3v) is 6.01. The van der Waals surface area contributed by atoms with Crippen LogP contribution in [0, 0.1) is 0 Å². The minimum atomic E-state index is -8.58. The molecule has 0 aliphatic heterocycles. The van der Waals surface area contributed by atoms with Crippen molar-refractivity contribution >= 4 is 11.8 Å². The molecule has 0 heterocycles. The first-order valence-corrected chi connectivity index (χ1v) is 9.87. The summed E-state index contributed by atoms with van der Waals surface area (Å²) in [6, 6.07) is 0. The van der Waals surface area contributed by atoms with E-state index in [1.165, 1.54) is 6.08 Å². The van der Waals surface area contributed by atoms with E-state index >= 15 is 0 Å². The maximum Gasteiger partial charge on any atom is 0.460 e. The summed E-state index contributed by atoms with van der Waals surface area (Å²) >= 11 is 0.450. The van der Waals surface area contributed by atoms with E-state index in [1.807, 2.05) is 0 Å². The SMILES string of the molecule is FC(F)(F)C(F)(F)C(F)(F)C(F)(F)C(F)(F)C(F)(F)C(F)(F)C(F)(F)CCSC1C=CCCC1. The first-order chi connectivity index (χ1) is 14.8. The van der Waals surface area contributed by atoms with Gasteiger partial charge in [-0.3, -0.25) is 0 Å². The van der Waals surface area contributed by atoms with Crippen LogP contribution in [0.5, 0.6) is 0 Å². The molecule has 0 bridgehead atoms. The lowest BCUT2D eigenvalue weighted by Gasteiger charge is -2.42. The van der Waals surface area contributed by atoms with Gasteiger partial charge in [-0.1, -0.05) is 12.2 Å². The van der Waals surface area contributed by atoms with Crippen LogP contribution in [-0.2, 0) is 0 Å². The monoisotopic (exact) mass is 560 g/mol. The summed E-state index contributed by atoms with van der Waals surface area (Å²) in [5.41, 5.74) is 0. The normalized spacial score (nSPS) is 20.1. The lowest BCUT2D eigenvalue weighted by atomic mass is 9.88. The Bertz CT molecular complexity index is 736. The Morgan fingerprint density at radius 2 is 1.00 bits per heavy atom. The number of rotatable bonds is 10. The topological polar surface area (TPSA) is 0 Å². The average molecular weight is 560 g/mol. The molecule has 0 amide bonds. The largest absolute Gasteiger partial charge is 0.460 e. The Morgan fingerprint density at radius 1 is 0.588 bits per heavy atom. The van der Waals surface area contributed by atoms with E-state index < -0.39 is 65.1 Å². The van der Waals surface area contributed by atoms with E-state index in [1.54, 1.807) is 6.08 Å². The highest BCUT2D eigenvalue weighted by Gasteiger charge is 2.95. The Hall–Kier alpha value is -1.10. The molecule has 0 N–H and O–H groups in total. The molecule has 0 fully saturated rings. The maximum atomic E-state index is 13.7. The second-order valence-corrected chi connectivity index (χ2v) is 8.51. The molecule has 0 nitrogen and oxygen atoms in total. The summed E-state index contributed by atoms with van der Waals surface area (Å²) in [5, 5.41) is -0.590. The lowest BCUT2D eigenvalue weighted by molar-refractivity contribution is -0.461. The molecule has 0 aromatic rings. The van der Waals surface area contributed by atoms with Crippen LogP contribution in [0.15, 0.2) is 12.2 Å². The predicted molar refractivity (Wildman–Crippen MR) is 84.5 cm³/mol. The Balaban J connectivity index is 3.30. The zero-order chi connectivity index (χ0) is 27.2. The molecule has 1 atom stereocenters. The standard InChI is InChI=1S/C16H13F17S/c17-9(18,6-7-34-8-4-2-1-3-5-8)10(19,20)11(21,22)12(23,24)13(25,26)14(27,28)15(29,30)16(31,32)33/h2,4,8H,1,3,5-7H2. The summed E-state index contributed by atoms with van der Waals surface area (Å²) in [5.74, 6) is -57.0. The van der Waals surface area contributed by atoms with E-state index in [0.717, 1.165) is 0 Å². The van der Waals surface area contributed by atoms with Gasteiger partial charge >= 0.3 is 47.6 Å². The fourth-order valence-electron chi connectivity index (χ4n) is 2.61. The minimum Gasteiger partial charge on any atom is -0.200 e. The van der Waals surface area contributed by atoms with Crippen molar-refractivity contribution in [2.24, 2.45) is 0 Å². The quantitative estimate of drug-likeness (QED) is 0.192. The van der Waals surface area contributed by atoms with E-state index in [-0.39, 0.29) is 0 Å². The van der Waals surface area contributed by atoms with Crippen LogP contribution >= 0.6 is 11.8 Å². The fourth-order valence-corrected chi connectivity index (χ4v) is 3.84. The van der Waals surface area contributed by atoms with Crippen LogP contribution in [-0.4, -0.2) is 58.6 Å². The van der Waals surface area contributed by atoms with Gasteiger partial charge in [-0.15, -0.1) is 0 Å². The van der Waals surface area contributed by atoms with E-state index in [0.29, 0.717) is 31.0 Å². The molecule has 0 radical (unpaired) electrons. The van der Waals surface area contributed by atoms with Crippen molar-refractivity contribution in [3.05, 3.63) is 12.2 Å². The van der Waals surface area contributed by atoms with Crippen LogP contribution in [0.4, 0.5) is 74.6 Å². The van der Waals surface area contributed by atoms with Crippen LogP contribution in [0.1, 0.15) is 25.7 Å². The summed E-state index contributed by atoms with van der Waals surface area (Å²) in [7, 11) is 0. The molecular formula is C16H13F17S. The van der Waals surface area contributed by atoms with Gasteiger partial charge in [0.2, 0.25) is 0 Å². The highest BCUT2D eigenvalue weighted by molar-refractivity contribution is 8.00. The molecule has 0 saturated heterocycles. The molecule has 1 unspecified atom stereocenters. The van der Waals surface area contributed by atoms with Gasteiger partial charge in [-0.2, -0.15) is 86.4 Å². The van der Waals surface area contributed by atoms with Gasteiger partial charge in [-0.05, 0) is 25.0 Å². The highest BCUT2D eigenvalue weighted by Crippen LogP contribution is 2.64. The van der Waals surface area contributed by atoms with Crippen LogP contribution in [0.25, 0.3) is 0 Å². The molecule has 202 valence electrons.